The molecule has 1 heterocycles. The fraction of sp³-hybridized carbons (Fsp3) is 0.222. The van der Waals surface area contributed by atoms with Gasteiger partial charge in [0.25, 0.3) is 5.91 Å². The van der Waals surface area contributed by atoms with E-state index in [0.29, 0.717) is 13.1 Å². The van der Waals surface area contributed by atoms with Crippen molar-refractivity contribution in [3.8, 4) is 17.2 Å². The van der Waals surface area contributed by atoms with E-state index in [1.807, 2.05) is 18.2 Å². The third-order valence-electron chi connectivity index (χ3n) is 6.32. The van der Waals surface area contributed by atoms with Crippen LogP contribution in [0.25, 0.3) is 0 Å². The fourth-order valence-corrected chi connectivity index (χ4v) is 5.01. The molecule has 1 aliphatic rings. The van der Waals surface area contributed by atoms with E-state index < -0.39 is 11.9 Å². The van der Waals surface area contributed by atoms with E-state index in [4.69, 9.17) is 33.0 Å². The minimum Gasteiger partial charge on any atom is -0.507 e. The molecule has 2 amide bonds. The molecule has 0 aromatic heterocycles. The second-order valence-corrected chi connectivity index (χ2v) is 9.88. The van der Waals surface area contributed by atoms with Crippen LogP contribution in [0.4, 0.5) is 5.69 Å². The van der Waals surface area contributed by atoms with E-state index >= 15 is 0 Å². The number of halogens is 2. The summed E-state index contributed by atoms with van der Waals surface area (Å²) >= 11 is 12.5. The molecule has 0 bridgehead atoms. The van der Waals surface area contributed by atoms with Crippen LogP contribution in [-0.2, 0) is 15.0 Å². The number of anilines is 1. The number of aliphatic carboxylic acids is 1. The lowest BCUT2D eigenvalue weighted by Gasteiger charge is -2.41. The summed E-state index contributed by atoms with van der Waals surface area (Å²) in [5.41, 5.74) is 1.09. The number of phenols is 1. The highest BCUT2D eigenvalue weighted by atomic mass is 35.5. The summed E-state index contributed by atoms with van der Waals surface area (Å²) in [6.07, 6.45) is 1.76. The van der Waals surface area contributed by atoms with Gasteiger partial charge in [0.2, 0.25) is 0 Å². The Morgan fingerprint density at radius 3 is 2.35 bits per heavy atom. The van der Waals surface area contributed by atoms with Crippen LogP contribution < -0.4 is 10.1 Å². The van der Waals surface area contributed by atoms with E-state index in [0.717, 1.165) is 18.4 Å². The minimum atomic E-state index is -1.66. The number of carboxylic acids is 1. The van der Waals surface area contributed by atoms with Gasteiger partial charge in [-0.3, -0.25) is 9.59 Å². The molecule has 4 rings (SSSR count). The Bertz CT molecular complexity index is 1340. The highest BCUT2D eigenvalue weighted by Crippen LogP contribution is 2.40. The number of carbonyl (C=O) groups is 3. The van der Waals surface area contributed by atoms with Crippen LogP contribution >= 0.6 is 23.2 Å². The van der Waals surface area contributed by atoms with Gasteiger partial charge in [-0.15, -0.1) is 0 Å². The summed E-state index contributed by atoms with van der Waals surface area (Å²) in [5.74, 6) is -3.18. The Balaban J connectivity index is 1.55. The molecule has 1 unspecified atom stereocenters. The number of benzene rings is 3. The molecule has 0 radical (unpaired) electrons. The van der Waals surface area contributed by atoms with Gasteiger partial charge in [0, 0.05) is 24.2 Å². The highest BCUT2D eigenvalue weighted by Gasteiger charge is 2.35. The van der Waals surface area contributed by atoms with E-state index in [1.54, 1.807) is 4.90 Å². The molecule has 8 nitrogen and oxygen atoms in total. The Kier molecular flexibility index (Phi) is 7.61. The van der Waals surface area contributed by atoms with E-state index in [1.165, 1.54) is 30.3 Å². The molecule has 1 aliphatic heterocycles. The topological polar surface area (TPSA) is 116 Å². The quantitative estimate of drug-likeness (QED) is 0.355. The smallest absolute Gasteiger partial charge is 0.394 e. The van der Waals surface area contributed by atoms with Crippen molar-refractivity contribution in [1.82, 2.24) is 4.90 Å². The van der Waals surface area contributed by atoms with Crippen LogP contribution in [0.1, 0.15) is 35.7 Å². The minimum absolute atomic E-state index is 0.00352. The van der Waals surface area contributed by atoms with Crippen molar-refractivity contribution in [2.24, 2.45) is 0 Å². The van der Waals surface area contributed by atoms with Gasteiger partial charge in [-0.05, 0) is 48.7 Å². The number of phenolic OH excluding ortho intramolecular Hbond substituents is 1. The number of likely N-dealkylation sites (tertiary alicyclic amines) is 1. The Labute approximate surface area is 223 Å². The van der Waals surface area contributed by atoms with Gasteiger partial charge in [0.05, 0.1) is 15.6 Å². The first-order valence-electron chi connectivity index (χ1n) is 11.5. The van der Waals surface area contributed by atoms with Crippen molar-refractivity contribution >= 4 is 46.7 Å². The molecule has 0 aliphatic carbocycles. The van der Waals surface area contributed by atoms with Gasteiger partial charge in [-0.25, -0.2) is 4.79 Å². The summed E-state index contributed by atoms with van der Waals surface area (Å²) < 4.78 is 5.82. The largest absolute Gasteiger partial charge is 0.507 e. The highest BCUT2D eigenvalue weighted by molar-refractivity contribution is 6.39. The molecular formula is C27H24Cl2N2O6. The van der Waals surface area contributed by atoms with E-state index in [-0.39, 0.29) is 49.9 Å². The summed E-state index contributed by atoms with van der Waals surface area (Å²) in [6, 6.07) is 16.8. The Hall–Kier alpha value is -3.75. The Morgan fingerprint density at radius 2 is 1.70 bits per heavy atom. The van der Waals surface area contributed by atoms with Gasteiger partial charge in [0.1, 0.15) is 11.5 Å². The van der Waals surface area contributed by atoms with Crippen molar-refractivity contribution in [2.75, 3.05) is 18.4 Å². The van der Waals surface area contributed by atoms with Crippen molar-refractivity contribution in [1.29, 1.82) is 0 Å². The second-order valence-electron chi connectivity index (χ2n) is 9.07. The summed E-state index contributed by atoms with van der Waals surface area (Å²) in [5, 5.41) is 21.4. The summed E-state index contributed by atoms with van der Waals surface area (Å²) in [7, 11) is 0. The standard InChI is InChI=1S/C27H24Cl2N2O6/c1-27(16-6-3-2-4-7-16)10-5-11-31(15-27)25(34)19-14-18(8-9-22(19)32)37-23-20(28)12-17(13-21(23)29)30-24(33)26(35)36/h2-4,6-9,12-14,32H,5,10-11,15H2,1H3,(H,30,33)(H,35,36). The van der Waals surface area contributed by atoms with Crippen LogP contribution in [0.5, 0.6) is 17.2 Å². The molecule has 1 fully saturated rings. The molecule has 3 aromatic rings. The first-order valence-corrected chi connectivity index (χ1v) is 12.2. The number of nitrogens with one attached hydrogen (secondary N) is 1. The van der Waals surface area contributed by atoms with Crippen molar-refractivity contribution in [3.05, 3.63) is 81.8 Å². The average molecular weight is 543 g/mol. The molecule has 192 valence electrons. The molecule has 3 N–H and O–H groups in total. The number of piperidine rings is 1. The lowest BCUT2D eigenvalue weighted by molar-refractivity contribution is -0.147. The molecule has 10 heteroatoms. The fourth-order valence-electron chi connectivity index (χ4n) is 4.44. The zero-order valence-corrected chi connectivity index (χ0v) is 21.3. The number of hydrogen-bond acceptors (Lipinski definition) is 5. The maximum Gasteiger partial charge on any atom is 0.394 e. The van der Waals surface area contributed by atoms with Crippen LogP contribution in [0, 0.1) is 0 Å². The molecule has 0 spiro atoms. The van der Waals surface area contributed by atoms with Crippen LogP contribution in [0.3, 0.4) is 0 Å². The van der Waals surface area contributed by atoms with Crippen LogP contribution in [-0.4, -0.2) is 46.0 Å². The van der Waals surface area contributed by atoms with Gasteiger partial charge in [-0.1, -0.05) is 60.5 Å². The zero-order valence-electron chi connectivity index (χ0n) is 19.8. The molecule has 1 atom stereocenters. The lowest BCUT2D eigenvalue weighted by Crippen LogP contribution is -2.47. The molecule has 1 saturated heterocycles. The normalized spacial score (nSPS) is 17.2. The maximum atomic E-state index is 13.5. The maximum absolute atomic E-state index is 13.5. The molecule has 0 saturated carbocycles. The third kappa shape index (κ3) is 5.81. The number of aromatic hydroxyl groups is 1. The van der Waals surface area contributed by atoms with Gasteiger partial charge in [0.15, 0.2) is 5.75 Å². The number of carboxylic acid groups (broad SMARTS) is 1. The monoisotopic (exact) mass is 542 g/mol. The number of nitrogens with zero attached hydrogens (tertiary/aromatic N) is 1. The van der Waals surface area contributed by atoms with Crippen molar-refractivity contribution in [3.63, 3.8) is 0 Å². The van der Waals surface area contributed by atoms with Crippen molar-refractivity contribution in [2.45, 2.75) is 25.2 Å². The zero-order chi connectivity index (χ0) is 26.7. The van der Waals surface area contributed by atoms with Gasteiger partial charge < -0.3 is 25.2 Å². The second kappa shape index (κ2) is 10.7. The Morgan fingerprint density at radius 1 is 1.03 bits per heavy atom. The molecule has 3 aromatic carbocycles. The van der Waals surface area contributed by atoms with E-state index in [9.17, 15) is 19.5 Å². The average Bonchev–Trinajstić information content (AvgIpc) is 2.87. The SMILES string of the molecule is CC1(c2ccccc2)CCCN(C(=O)c2cc(Oc3c(Cl)cc(NC(=O)C(=O)O)cc3Cl)ccc2O)C1. The third-order valence-corrected chi connectivity index (χ3v) is 6.88. The number of rotatable bonds is 5. The first kappa shape index (κ1) is 26.3. The summed E-state index contributed by atoms with van der Waals surface area (Å²) in [4.78, 5) is 37.4. The van der Waals surface area contributed by atoms with Crippen LogP contribution in [0.2, 0.25) is 10.0 Å². The number of hydrogen-bond donors (Lipinski definition) is 3. The lowest BCUT2D eigenvalue weighted by atomic mass is 9.76. The van der Waals surface area contributed by atoms with Crippen LogP contribution in [0.15, 0.2) is 60.7 Å². The number of amides is 2. The van der Waals surface area contributed by atoms with Gasteiger partial charge in [-0.2, -0.15) is 0 Å². The molecular weight excluding hydrogens is 519 g/mol. The van der Waals surface area contributed by atoms with E-state index in [2.05, 4.69) is 24.4 Å². The number of ether oxygens (including phenoxy) is 1. The van der Waals surface area contributed by atoms with Gasteiger partial charge >= 0.3 is 11.9 Å². The van der Waals surface area contributed by atoms with Crippen molar-refractivity contribution < 1.29 is 29.3 Å². The predicted molar refractivity (Wildman–Crippen MR) is 140 cm³/mol. The summed E-state index contributed by atoms with van der Waals surface area (Å²) in [6.45, 7) is 3.20. The predicted octanol–water partition coefficient (Wildman–Crippen LogP) is 5.71. The molecule has 37 heavy (non-hydrogen) atoms. The number of carbonyl (C=O) groups excluding carboxylic acids is 2. The first-order chi connectivity index (χ1) is 17.6.